The Labute approximate surface area is 106 Å². The van der Waals surface area contributed by atoms with Crippen molar-refractivity contribution in [2.45, 2.75) is 38.1 Å². The van der Waals surface area contributed by atoms with Gasteiger partial charge in [-0.05, 0) is 25.0 Å². The van der Waals surface area contributed by atoms with E-state index in [1.54, 1.807) is 6.07 Å². The molecule has 1 aromatic rings. The molecule has 18 heavy (non-hydrogen) atoms. The standard InChI is InChI=1S/C13H17N3O2/c14-12(17)10-7-4-8-15-11(10)13(18)16-9-5-2-1-3-6-9/h4,7-9H,1-3,5-6H2,(H2,14,17)(H,16,18). The van der Waals surface area contributed by atoms with Crippen molar-refractivity contribution < 1.29 is 9.59 Å². The Morgan fingerprint density at radius 2 is 2.00 bits per heavy atom. The third-order valence-corrected chi connectivity index (χ3v) is 3.23. The van der Waals surface area contributed by atoms with Gasteiger partial charge in [-0.1, -0.05) is 19.3 Å². The summed E-state index contributed by atoms with van der Waals surface area (Å²) in [6, 6.07) is 3.30. The van der Waals surface area contributed by atoms with Crippen molar-refractivity contribution in [1.29, 1.82) is 0 Å². The highest BCUT2D eigenvalue weighted by molar-refractivity contribution is 6.05. The molecule has 0 saturated heterocycles. The number of nitrogens with zero attached hydrogens (tertiary/aromatic N) is 1. The number of rotatable bonds is 3. The molecule has 5 nitrogen and oxygen atoms in total. The van der Waals surface area contributed by atoms with E-state index in [4.69, 9.17) is 5.73 Å². The molecule has 0 bridgehead atoms. The minimum Gasteiger partial charge on any atom is -0.366 e. The lowest BCUT2D eigenvalue weighted by Gasteiger charge is -2.22. The summed E-state index contributed by atoms with van der Waals surface area (Å²) in [6.45, 7) is 0. The fraction of sp³-hybridized carbons (Fsp3) is 0.462. The summed E-state index contributed by atoms with van der Waals surface area (Å²) >= 11 is 0. The van der Waals surface area contributed by atoms with E-state index < -0.39 is 5.91 Å². The van der Waals surface area contributed by atoms with Gasteiger partial charge in [0.15, 0.2) is 0 Å². The van der Waals surface area contributed by atoms with Gasteiger partial charge in [0.05, 0.1) is 5.56 Å². The van der Waals surface area contributed by atoms with Crippen molar-refractivity contribution in [3.05, 3.63) is 29.6 Å². The van der Waals surface area contributed by atoms with Gasteiger partial charge in [0.1, 0.15) is 5.69 Å². The van der Waals surface area contributed by atoms with Crippen molar-refractivity contribution in [2.75, 3.05) is 0 Å². The Hall–Kier alpha value is -1.91. The summed E-state index contributed by atoms with van der Waals surface area (Å²) in [4.78, 5) is 27.2. The van der Waals surface area contributed by atoms with Crippen LogP contribution >= 0.6 is 0 Å². The number of nitrogens with two attached hydrogens (primary N) is 1. The van der Waals surface area contributed by atoms with Gasteiger partial charge >= 0.3 is 0 Å². The molecule has 5 heteroatoms. The first-order valence-electron chi connectivity index (χ1n) is 6.24. The minimum absolute atomic E-state index is 0.121. The summed E-state index contributed by atoms with van der Waals surface area (Å²) in [6.07, 6.45) is 6.96. The monoisotopic (exact) mass is 247 g/mol. The van der Waals surface area contributed by atoms with E-state index in [1.807, 2.05) is 0 Å². The lowest BCUT2D eigenvalue weighted by atomic mass is 9.95. The summed E-state index contributed by atoms with van der Waals surface area (Å²) in [5, 5.41) is 2.92. The van der Waals surface area contributed by atoms with Gasteiger partial charge in [0.2, 0.25) is 0 Å². The van der Waals surface area contributed by atoms with Crippen LogP contribution in [-0.2, 0) is 0 Å². The van der Waals surface area contributed by atoms with E-state index in [0.29, 0.717) is 0 Å². The van der Waals surface area contributed by atoms with E-state index >= 15 is 0 Å². The van der Waals surface area contributed by atoms with E-state index in [0.717, 1.165) is 25.7 Å². The topological polar surface area (TPSA) is 85.1 Å². The number of pyridine rings is 1. The average molecular weight is 247 g/mol. The van der Waals surface area contributed by atoms with Crippen molar-refractivity contribution in [2.24, 2.45) is 5.73 Å². The molecular weight excluding hydrogens is 230 g/mol. The first-order chi connectivity index (χ1) is 8.68. The molecule has 0 radical (unpaired) electrons. The number of carbonyl (C=O) groups is 2. The van der Waals surface area contributed by atoms with Crippen LogP contribution in [0.25, 0.3) is 0 Å². The van der Waals surface area contributed by atoms with Crippen LogP contribution in [0, 0.1) is 0 Å². The number of aromatic nitrogens is 1. The number of hydrogen-bond donors (Lipinski definition) is 2. The fourth-order valence-corrected chi connectivity index (χ4v) is 2.29. The van der Waals surface area contributed by atoms with E-state index in [9.17, 15) is 9.59 Å². The molecule has 96 valence electrons. The maximum atomic E-state index is 12.1. The smallest absolute Gasteiger partial charge is 0.270 e. The van der Waals surface area contributed by atoms with Gasteiger partial charge in [0.25, 0.3) is 11.8 Å². The number of primary amides is 1. The molecule has 3 N–H and O–H groups in total. The van der Waals surface area contributed by atoms with Crippen molar-refractivity contribution in [3.63, 3.8) is 0 Å². The zero-order valence-corrected chi connectivity index (χ0v) is 10.2. The highest BCUT2D eigenvalue weighted by Crippen LogP contribution is 2.18. The Kier molecular flexibility index (Phi) is 3.92. The zero-order chi connectivity index (χ0) is 13.0. The minimum atomic E-state index is -0.628. The summed E-state index contributed by atoms with van der Waals surface area (Å²) < 4.78 is 0. The highest BCUT2D eigenvalue weighted by Gasteiger charge is 2.20. The zero-order valence-electron chi connectivity index (χ0n) is 10.2. The lowest BCUT2D eigenvalue weighted by molar-refractivity contribution is 0.0909. The fourth-order valence-electron chi connectivity index (χ4n) is 2.29. The Bertz CT molecular complexity index is 453. The second kappa shape index (κ2) is 5.62. The molecule has 1 aliphatic carbocycles. The molecule has 1 aliphatic rings. The number of carbonyl (C=O) groups excluding carboxylic acids is 2. The van der Waals surface area contributed by atoms with Crippen molar-refractivity contribution >= 4 is 11.8 Å². The predicted molar refractivity (Wildman–Crippen MR) is 67.1 cm³/mol. The summed E-state index contributed by atoms with van der Waals surface area (Å²) in [7, 11) is 0. The Morgan fingerprint density at radius 1 is 1.28 bits per heavy atom. The highest BCUT2D eigenvalue weighted by atomic mass is 16.2. The first kappa shape index (κ1) is 12.5. The molecule has 0 aliphatic heterocycles. The van der Waals surface area contributed by atoms with Crippen LogP contribution in [0.3, 0.4) is 0 Å². The van der Waals surface area contributed by atoms with Gasteiger partial charge in [0, 0.05) is 12.2 Å². The van der Waals surface area contributed by atoms with Crippen LogP contribution in [0.5, 0.6) is 0 Å². The maximum Gasteiger partial charge on any atom is 0.270 e. The van der Waals surface area contributed by atoms with Gasteiger partial charge < -0.3 is 11.1 Å². The number of nitrogens with one attached hydrogen (secondary N) is 1. The molecule has 1 aromatic heterocycles. The molecule has 2 amide bonds. The molecule has 1 fully saturated rings. The van der Waals surface area contributed by atoms with Gasteiger partial charge in [-0.15, -0.1) is 0 Å². The average Bonchev–Trinajstić information content (AvgIpc) is 2.40. The van der Waals surface area contributed by atoms with Crippen LogP contribution in [0.1, 0.15) is 53.0 Å². The van der Waals surface area contributed by atoms with E-state index in [-0.39, 0.29) is 23.2 Å². The maximum absolute atomic E-state index is 12.1. The van der Waals surface area contributed by atoms with E-state index in [1.165, 1.54) is 18.7 Å². The Balaban J connectivity index is 2.10. The van der Waals surface area contributed by atoms with Crippen LogP contribution in [0.4, 0.5) is 0 Å². The molecule has 2 rings (SSSR count). The van der Waals surface area contributed by atoms with Gasteiger partial charge in [-0.25, -0.2) is 0 Å². The molecule has 0 spiro atoms. The van der Waals surface area contributed by atoms with Gasteiger partial charge in [-0.3, -0.25) is 14.6 Å². The van der Waals surface area contributed by atoms with Crippen LogP contribution < -0.4 is 11.1 Å². The van der Waals surface area contributed by atoms with E-state index in [2.05, 4.69) is 10.3 Å². The second-order valence-electron chi connectivity index (χ2n) is 4.57. The van der Waals surface area contributed by atoms with Crippen LogP contribution in [-0.4, -0.2) is 22.8 Å². The molecule has 1 saturated carbocycles. The van der Waals surface area contributed by atoms with Crippen LogP contribution in [0.15, 0.2) is 18.3 Å². The van der Waals surface area contributed by atoms with Gasteiger partial charge in [-0.2, -0.15) is 0 Å². The molecule has 1 heterocycles. The Morgan fingerprint density at radius 3 is 2.67 bits per heavy atom. The molecule has 0 unspecified atom stereocenters. The molecule has 0 atom stereocenters. The number of hydrogen-bond acceptors (Lipinski definition) is 3. The van der Waals surface area contributed by atoms with Crippen LogP contribution in [0.2, 0.25) is 0 Å². The normalized spacial score (nSPS) is 16.2. The lowest BCUT2D eigenvalue weighted by Crippen LogP contribution is -2.37. The summed E-state index contributed by atoms with van der Waals surface area (Å²) in [5.41, 5.74) is 5.52. The number of amides is 2. The van der Waals surface area contributed by atoms with Crippen molar-refractivity contribution in [3.8, 4) is 0 Å². The SMILES string of the molecule is NC(=O)c1cccnc1C(=O)NC1CCCCC1. The molecule has 0 aromatic carbocycles. The third-order valence-electron chi connectivity index (χ3n) is 3.23. The van der Waals surface area contributed by atoms with Crippen molar-refractivity contribution in [1.82, 2.24) is 10.3 Å². The molecular formula is C13H17N3O2. The first-order valence-corrected chi connectivity index (χ1v) is 6.24. The third kappa shape index (κ3) is 2.85. The predicted octanol–water partition coefficient (Wildman–Crippen LogP) is 1.24. The second-order valence-corrected chi connectivity index (χ2v) is 4.57. The summed E-state index contributed by atoms with van der Waals surface area (Å²) in [5.74, 6) is -0.937. The quantitative estimate of drug-likeness (QED) is 0.842. The largest absolute Gasteiger partial charge is 0.366 e.